The van der Waals surface area contributed by atoms with Crippen LogP contribution in [0.5, 0.6) is 5.75 Å². The van der Waals surface area contributed by atoms with Crippen molar-refractivity contribution in [3.8, 4) is 11.8 Å². The monoisotopic (exact) mass is 286 g/mol. The molecule has 1 aromatic heterocycles. The summed E-state index contributed by atoms with van der Waals surface area (Å²) in [6, 6.07) is 12.4. The molecule has 0 amide bonds. The van der Waals surface area contributed by atoms with Gasteiger partial charge < -0.3 is 10.1 Å². The normalized spacial score (nSPS) is 11.8. The second-order valence-electron chi connectivity index (χ2n) is 4.50. The summed E-state index contributed by atoms with van der Waals surface area (Å²) in [4.78, 5) is 1.35. The van der Waals surface area contributed by atoms with Gasteiger partial charge in [-0.05, 0) is 35.6 Å². The van der Waals surface area contributed by atoms with Gasteiger partial charge in [-0.3, -0.25) is 0 Å². The third-order valence-electron chi connectivity index (χ3n) is 3.23. The van der Waals surface area contributed by atoms with E-state index in [1.54, 1.807) is 18.4 Å². The molecule has 2 aromatic rings. The van der Waals surface area contributed by atoms with E-state index in [4.69, 9.17) is 10.00 Å². The molecule has 3 nitrogen and oxygen atoms in total. The molecule has 1 atom stereocenters. The predicted octanol–water partition coefficient (Wildman–Crippen LogP) is 3.87. The van der Waals surface area contributed by atoms with Gasteiger partial charge in [0.05, 0.1) is 12.7 Å². The van der Waals surface area contributed by atoms with E-state index in [0.29, 0.717) is 17.4 Å². The van der Waals surface area contributed by atoms with Crippen molar-refractivity contribution in [3.63, 3.8) is 0 Å². The molecule has 1 heterocycles. The fraction of sp³-hybridized carbons (Fsp3) is 0.312. The van der Waals surface area contributed by atoms with Gasteiger partial charge in [-0.1, -0.05) is 19.1 Å². The summed E-state index contributed by atoms with van der Waals surface area (Å²) in [5.74, 6) is 0.635. The van der Waals surface area contributed by atoms with Crippen LogP contribution in [0.3, 0.4) is 0 Å². The third-order valence-corrected chi connectivity index (χ3v) is 4.22. The number of rotatable bonds is 6. The zero-order valence-corrected chi connectivity index (χ0v) is 12.5. The Morgan fingerprint density at radius 2 is 2.25 bits per heavy atom. The molecule has 0 bridgehead atoms. The molecule has 104 valence electrons. The molecule has 0 spiro atoms. The maximum atomic E-state index is 8.98. The molecule has 0 radical (unpaired) electrons. The SMILES string of the molecule is CCC(NCc1ccc(C#N)c(OC)c1)c1cccs1. The number of hydrogen-bond acceptors (Lipinski definition) is 4. The van der Waals surface area contributed by atoms with Crippen LogP contribution in [0.25, 0.3) is 0 Å². The largest absolute Gasteiger partial charge is 0.495 e. The second-order valence-corrected chi connectivity index (χ2v) is 5.48. The lowest BCUT2D eigenvalue weighted by atomic mass is 10.1. The van der Waals surface area contributed by atoms with Crippen LogP contribution >= 0.6 is 11.3 Å². The Labute approximate surface area is 123 Å². The van der Waals surface area contributed by atoms with Crippen LogP contribution in [0.2, 0.25) is 0 Å². The third kappa shape index (κ3) is 3.38. The van der Waals surface area contributed by atoms with E-state index in [1.807, 2.05) is 18.2 Å². The Morgan fingerprint density at radius 1 is 1.40 bits per heavy atom. The number of methoxy groups -OCH3 is 1. The molecule has 0 aliphatic heterocycles. The van der Waals surface area contributed by atoms with Crippen molar-refractivity contribution in [1.29, 1.82) is 5.26 Å². The van der Waals surface area contributed by atoms with E-state index in [9.17, 15) is 0 Å². The zero-order valence-electron chi connectivity index (χ0n) is 11.7. The van der Waals surface area contributed by atoms with Crippen molar-refractivity contribution in [3.05, 3.63) is 51.7 Å². The van der Waals surface area contributed by atoms with Crippen molar-refractivity contribution in [1.82, 2.24) is 5.32 Å². The lowest BCUT2D eigenvalue weighted by molar-refractivity contribution is 0.412. The Morgan fingerprint density at radius 3 is 2.85 bits per heavy atom. The van der Waals surface area contributed by atoms with Gasteiger partial charge >= 0.3 is 0 Å². The molecule has 4 heteroatoms. The molecule has 1 unspecified atom stereocenters. The lowest BCUT2D eigenvalue weighted by Crippen LogP contribution is -2.19. The quantitative estimate of drug-likeness (QED) is 0.876. The standard InChI is InChI=1S/C16H18N2OS/c1-3-14(16-5-4-8-20-16)18-11-12-6-7-13(10-17)15(9-12)19-2/h4-9,14,18H,3,11H2,1-2H3. The number of nitriles is 1. The van der Waals surface area contributed by atoms with Gasteiger partial charge in [-0.15, -0.1) is 11.3 Å². The predicted molar refractivity (Wildman–Crippen MR) is 81.9 cm³/mol. The molecule has 0 aliphatic rings. The fourth-order valence-electron chi connectivity index (χ4n) is 2.11. The van der Waals surface area contributed by atoms with Gasteiger partial charge in [0.15, 0.2) is 0 Å². The maximum Gasteiger partial charge on any atom is 0.136 e. The summed E-state index contributed by atoms with van der Waals surface area (Å²) >= 11 is 1.77. The van der Waals surface area contributed by atoms with E-state index in [2.05, 4.69) is 35.8 Å². The van der Waals surface area contributed by atoms with Crippen molar-refractivity contribution in [2.75, 3.05) is 7.11 Å². The van der Waals surface area contributed by atoms with Crippen LogP contribution < -0.4 is 10.1 Å². The summed E-state index contributed by atoms with van der Waals surface area (Å²) in [5, 5.41) is 14.6. The molecule has 1 aromatic carbocycles. The summed E-state index contributed by atoms with van der Waals surface area (Å²) in [6.07, 6.45) is 1.05. The molecular formula is C16H18N2OS. The van der Waals surface area contributed by atoms with Gasteiger partial charge in [0.25, 0.3) is 0 Å². The zero-order chi connectivity index (χ0) is 14.4. The van der Waals surface area contributed by atoms with E-state index in [-0.39, 0.29) is 0 Å². The average molecular weight is 286 g/mol. The van der Waals surface area contributed by atoms with E-state index >= 15 is 0 Å². The molecule has 0 aliphatic carbocycles. The maximum absolute atomic E-state index is 8.98. The summed E-state index contributed by atoms with van der Waals surface area (Å²) in [7, 11) is 1.59. The van der Waals surface area contributed by atoms with Gasteiger partial charge in [0, 0.05) is 17.5 Å². The summed E-state index contributed by atoms with van der Waals surface area (Å²) in [5.41, 5.74) is 1.69. The minimum absolute atomic E-state index is 0.372. The first-order chi connectivity index (χ1) is 9.78. The van der Waals surface area contributed by atoms with E-state index < -0.39 is 0 Å². The van der Waals surface area contributed by atoms with Gasteiger partial charge in [0.2, 0.25) is 0 Å². The molecule has 0 fully saturated rings. The molecule has 0 saturated heterocycles. The van der Waals surface area contributed by atoms with Crippen molar-refractivity contribution in [2.24, 2.45) is 0 Å². The van der Waals surface area contributed by atoms with Crippen LogP contribution in [0.1, 0.15) is 35.4 Å². The first-order valence-electron chi connectivity index (χ1n) is 6.62. The van der Waals surface area contributed by atoms with Gasteiger partial charge in [-0.2, -0.15) is 5.26 Å². The van der Waals surface area contributed by atoms with Crippen molar-refractivity contribution in [2.45, 2.75) is 25.9 Å². The first-order valence-corrected chi connectivity index (χ1v) is 7.50. The Balaban J connectivity index is 2.05. The summed E-state index contributed by atoms with van der Waals surface area (Å²) < 4.78 is 5.23. The fourth-order valence-corrected chi connectivity index (χ4v) is 3.00. The van der Waals surface area contributed by atoms with Gasteiger partial charge in [-0.25, -0.2) is 0 Å². The molecule has 20 heavy (non-hydrogen) atoms. The highest BCUT2D eigenvalue weighted by atomic mass is 32.1. The van der Waals surface area contributed by atoms with Crippen LogP contribution in [-0.2, 0) is 6.54 Å². The second kappa shape index (κ2) is 7.09. The molecule has 2 rings (SSSR count). The highest BCUT2D eigenvalue weighted by molar-refractivity contribution is 7.10. The molecular weight excluding hydrogens is 268 g/mol. The Hall–Kier alpha value is -1.83. The minimum atomic E-state index is 0.372. The number of ether oxygens (including phenoxy) is 1. The number of hydrogen-bond donors (Lipinski definition) is 1. The highest BCUT2D eigenvalue weighted by Gasteiger charge is 2.10. The molecule has 0 saturated carbocycles. The average Bonchev–Trinajstić information content (AvgIpc) is 3.02. The van der Waals surface area contributed by atoms with Crippen LogP contribution in [0.15, 0.2) is 35.7 Å². The summed E-state index contributed by atoms with van der Waals surface area (Å²) in [6.45, 7) is 2.94. The number of benzene rings is 1. The van der Waals surface area contributed by atoms with Gasteiger partial charge in [0.1, 0.15) is 11.8 Å². The first kappa shape index (κ1) is 14.6. The Bertz CT molecular complexity index is 587. The molecule has 1 N–H and O–H groups in total. The number of nitrogens with one attached hydrogen (secondary N) is 1. The Kier molecular flexibility index (Phi) is 5.16. The van der Waals surface area contributed by atoms with Crippen molar-refractivity contribution < 1.29 is 4.74 Å². The lowest BCUT2D eigenvalue weighted by Gasteiger charge is -2.16. The minimum Gasteiger partial charge on any atom is -0.495 e. The van der Waals surface area contributed by atoms with E-state index in [0.717, 1.165) is 18.5 Å². The smallest absolute Gasteiger partial charge is 0.136 e. The van der Waals surface area contributed by atoms with Crippen molar-refractivity contribution >= 4 is 11.3 Å². The van der Waals surface area contributed by atoms with Crippen LogP contribution in [0.4, 0.5) is 0 Å². The number of thiophene rings is 1. The van der Waals surface area contributed by atoms with E-state index in [1.165, 1.54) is 4.88 Å². The topological polar surface area (TPSA) is 45.0 Å². The number of nitrogens with zero attached hydrogens (tertiary/aromatic N) is 1. The van der Waals surface area contributed by atoms with Crippen LogP contribution in [0, 0.1) is 11.3 Å². The van der Waals surface area contributed by atoms with Crippen LogP contribution in [-0.4, -0.2) is 7.11 Å². The highest BCUT2D eigenvalue weighted by Crippen LogP contribution is 2.23.